The quantitative estimate of drug-likeness (QED) is 0.0308. The summed E-state index contributed by atoms with van der Waals surface area (Å²) in [4.78, 5) is 79.8. The minimum Gasteiger partial charge on any atom is -0.481 e. The summed E-state index contributed by atoms with van der Waals surface area (Å²) in [5.41, 5.74) is -9.58. The molecule has 0 radical (unpaired) electrons. The Hall–Kier alpha value is -6.46. The van der Waals surface area contributed by atoms with Gasteiger partial charge in [-0.15, -0.1) is 0 Å². The van der Waals surface area contributed by atoms with Crippen LogP contribution in [0.15, 0.2) is 103 Å². The highest BCUT2D eigenvalue weighted by Crippen LogP contribution is 2.44. The lowest BCUT2D eigenvalue weighted by Crippen LogP contribution is -2.47. The number of esters is 2. The molecule has 131 heavy (non-hydrogen) atoms. The van der Waals surface area contributed by atoms with E-state index < -0.39 is 150 Å². The molecule has 0 aliphatic carbocycles. The zero-order valence-electron chi connectivity index (χ0n) is 77.2. The molecule has 0 unspecified atom stereocenters. The molecule has 4 saturated heterocycles. The van der Waals surface area contributed by atoms with Gasteiger partial charge in [-0.2, -0.15) is 74.3 Å². The number of hydrogen-bond donors (Lipinski definition) is 1. The monoisotopic (exact) mass is 2200 g/mol. The molecule has 4 fully saturated rings. The lowest BCUT2D eigenvalue weighted by Gasteiger charge is -2.38. The fourth-order valence-corrected chi connectivity index (χ4v) is 16.6. The highest BCUT2D eigenvalue weighted by atomic mass is 79.9. The molecule has 5 aliphatic rings. The van der Waals surface area contributed by atoms with Gasteiger partial charge in [0, 0.05) is 59.1 Å². The zero-order chi connectivity index (χ0) is 101. The molecule has 44 heteroatoms. The first-order chi connectivity index (χ1) is 59.0. The van der Waals surface area contributed by atoms with E-state index in [1.165, 1.54) is 23.1 Å². The van der Waals surface area contributed by atoms with Crippen LogP contribution in [0.1, 0.15) is 192 Å². The van der Waals surface area contributed by atoms with E-state index in [2.05, 4.69) is 102 Å². The SMILES string of the molecule is CC(C)(C)OC(=O)C1CCN(c2cc(C(F)(F)F)ccc2Br)CC1.CC(C)(C)OC(=O)C1CCN(c2cc(C(F)(F)F)ccc2Br)CC1.CC(C)(C)OC(=O)N1CC(=O)C[C@H]1CO[Si](C)(C)C(C)(C)C.CC(C)(C)OC(=O)N1CC(OS(=O)(=O)C(F)(F)F)=C[C@H]1CO[Si](C)(C)C(C)(C)C.Fc1cc(C(F)(F)F)ccc1Br.O=C(O)C1CCN(c2cc(C(F)(F)F)ccc2Br)CC1. The van der Waals surface area contributed by atoms with Crippen LogP contribution in [0.4, 0.5) is 96.9 Å². The van der Waals surface area contributed by atoms with Gasteiger partial charge in [0.05, 0.1) is 99.9 Å². The van der Waals surface area contributed by atoms with E-state index in [0.29, 0.717) is 127 Å². The molecule has 0 bridgehead atoms. The Bertz CT molecular complexity index is 4580. The average molecular weight is 2200 g/mol. The molecule has 4 aromatic rings. The number of likely N-dealkylation sites (tertiary alicyclic amines) is 1. The molecule has 5 heterocycles. The number of ketones is 1. The predicted octanol–water partition coefficient (Wildman–Crippen LogP) is 25.4. The van der Waals surface area contributed by atoms with Crippen molar-refractivity contribution in [2.24, 2.45) is 17.8 Å². The average Bonchev–Trinajstić information content (AvgIpc) is 1.60. The maximum absolute atomic E-state index is 12.9. The third-order valence-corrected chi connectivity index (χ3v) is 34.0. The Balaban J connectivity index is 0.000000333. The molecule has 9 rings (SSSR count). The van der Waals surface area contributed by atoms with Crippen molar-refractivity contribution in [1.82, 2.24) is 9.80 Å². The lowest BCUT2D eigenvalue weighted by atomic mass is 9.96. The van der Waals surface area contributed by atoms with E-state index in [-0.39, 0.29) is 63.3 Å². The van der Waals surface area contributed by atoms with Crippen molar-refractivity contribution in [3.63, 3.8) is 0 Å². The third-order valence-electron chi connectivity index (χ3n) is 21.4. The topological polar surface area (TPSA) is 238 Å². The molecule has 0 saturated carbocycles. The Morgan fingerprint density at radius 1 is 0.427 bits per heavy atom. The number of carbonyl (C=O) groups is 6. The number of nitrogens with zero attached hydrogens (tertiary/aromatic N) is 5. The number of rotatable bonds is 14. The molecule has 2 atom stereocenters. The van der Waals surface area contributed by atoms with E-state index in [4.69, 9.17) is 32.9 Å². The van der Waals surface area contributed by atoms with Crippen LogP contribution in [0, 0.1) is 23.6 Å². The van der Waals surface area contributed by atoms with E-state index >= 15 is 0 Å². The first kappa shape index (κ1) is 117. The number of hydrogen-bond acceptors (Lipinski definition) is 18. The van der Waals surface area contributed by atoms with Crippen LogP contribution in [-0.2, 0) is 86.0 Å². The molecule has 21 nitrogen and oxygen atoms in total. The fraction of sp³-hybridized carbons (Fsp3) is 0.632. The van der Waals surface area contributed by atoms with Gasteiger partial charge in [0.25, 0.3) is 0 Å². The summed E-state index contributed by atoms with van der Waals surface area (Å²) in [6.45, 7) is 45.1. The van der Waals surface area contributed by atoms with Crippen LogP contribution in [-0.4, -0.2) is 181 Å². The summed E-state index contributed by atoms with van der Waals surface area (Å²) < 4.78 is 264. The second kappa shape index (κ2) is 45.7. The maximum Gasteiger partial charge on any atom is 0.534 e. The maximum atomic E-state index is 12.9. The Kier molecular flexibility index (Phi) is 40.7. The standard InChI is InChI=1S/2C17H21BrF3NO2.C17H30F3NO6SSi.C16H31NO4Si.C13H13BrF3NO2.C7H3BrF4/c2*1-16(2,3)24-15(23)11-6-8-22(9-7-11)14-10-12(17(19,20)21)4-5-13(14)18;1-15(2,3)26-14(22)21-10-13(27-28(23,24)17(18,19)20)9-12(21)11-25-29(7,8)16(4,5)6;1-15(2,3)21-14(19)17-10-13(18)9-12(17)11-20-22(7,8)16(4,5)6;14-10-2-1-9(13(15,16)17)7-11(10)18-5-3-8(4-6-18)12(19)20;8-5-2-1-4(3-6(5)9)7(10,11)12/h2*4-5,10-11H,6-9H2,1-3H3;9,12H,10-11H2,1-8H3;12H,9-11H2,1-8H3;1-2,7-8H,3-6H2,(H,19,20);1-3H/t;;2*12-;;/m..00../s1. The van der Waals surface area contributed by atoms with E-state index in [9.17, 15) is 107 Å². The molecule has 4 aromatic carbocycles. The van der Waals surface area contributed by atoms with Crippen LogP contribution in [0.2, 0.25) is 36.3 Å². The number of halogens is 20. The van der Waals surface area contributed by atoms with Gasteiger partial charge >= 0.3 is 70.4 Å². The summed E-state index contributed by atoms with van der Waals surface area (Å²) in [7, 11) is -9.96. The molecule has 5 aliphatic heterocycles. The van der Waals surface area contributed by atoms with Crippen LogP contribution in [0.5, 0.6) is 0 Å². The highest BCUT2D eigenvalue weighted by Gasteiger charge is 2.51. The summed E-state index contributed by atoms with van der Waals surface area (Å²) in [5, 5.41) is 8.89. The Morgan fingerprint density at radius 2 is 0.725 bits per heavy atom. The molecular formula is C87H119Br4F16N5O16SSi2. The number of amides is 2. The van der Waals surface area contributed by atoms with Crippen LogP contribution in [0.3, 0.4) is 0 Å². The second-order valence-electron chi connectivity index (χ2n) is 38.7. The predicted molar refractivity (Wildman–Crippen MR) is 484 cm³/mol. The summed E-state index contributed by atoms with van der Waals surface area (Å²) in [6, 6.07) is 12.0. The molecule has 0 aromatic heterocycles. The number of carboxylic acids is 1. The number of alkyl halides is 15. The van der Waals surface area contributed by atoms with E-state index in [0.717, 1.165) is 59.5 Å². The van der Waals surface area contributed by atoms with Gasteiger partial charge in [-0.25, -0.2) is 14.0 Å². The largest absolute Gasteiger partial charge is 0.534 e. The van der Waals surface area contributed by atoms with Crippen LogP contribution < -0.4 is 14.7 Å². The van der Waals surface area contributed by atoms with Gasteiger partial charge < -0.3 is 51.8 Å². The summed E-state index contributed by atoms with van der Waals surface area (Å²) in [6.07, 6.45) is -14.2. The molecule has 1 N–H and O–H groups in total. The van der Waals surface area contributed by atoms with Crippen LogP contribution in [0.25, 0.3) is 0 Å². The second-order valence-corrected chi connectivity index (χ2v) is 53.3. The van der Waals surface area contributed by atoms with Gasteiger partial charge in [0.15, 0.2) is 22.4 Å². The molecular weight excluding hydrogens is 2080 g/mol. The Labute approximate surface area is 791 Å². The minimum atomic E-state index is -5.83. The van der Waals surface area contributed by atoms with E-state index in [1.807, 2.05) is 106 Å². The van der Waals surface area contributed by atoms with E-state index in [1.54, 1.807) is 25.7 Å². The van der Waals surface area contributed by atoms with Crippen molar-refractivity contribution in [2.75, 3.05) is 80.3 Å². The van der Waals surface area contributed by atoms with Crippen molar-refractivity contribution >= 4 is 143 Å². The van der Waals surface area contributed by atoms with Gasteiger partial charge in [-0.05, 0) is 300 Å². The number of Topliss-reactive ketones (excluding diaryl/α,β-unsaturated/α-hetero) is 1. The van der Waals surface area contributed by atoms with Gasteiger partial charge in [0.2, 0.25) is 0 Å². The number of carboxylic acid groups (broad SMARTS) is 1. The summed E-state index contributed by atoms with van der Waals surface area (Å²) >= 11 is 12.6. The number of ether oxygens (including phenoxy) is 4. The highest BCUT2D eigenvalue weighted by molar-refractivity contribution is 9.11. The number of benzene rings is 4. The number of aliphatic carboxylic acids is 1. The van der Waals surface area contributed by atoms with Crippen molar-refractivity contribution in [2.45, 2.75) is 271 Å². The molecule has 0 spiro atoms. The first-order valence-corrected chi connectivity index (χ1v) is 52.0. The normalized spacial score (nSPS) is 17.6. The number of anilines is 3. The number of carbonyl (C=O) groups excluding carboxylic acids is 5. The number of piperidine rings is 3. The molecule has 742 valence electrons. The molecule has 2 amide bonds. The zero-order valence-corrected chi connectivity index (χ0v) is 86.3. The van der Waals surface area contributed by atoms with Crippen molar-refractivity contribution in [1.29, 1.82) is 0 Å². The minimum absolute atomic E-state index is 0.0192. The van der Waals surface area contributed by atoms with Gasteiger partial charge in [0.1, 0.15) is 34.0 Å². The van der Waals surface area contributed by atoms with Crippen molar-refractivity contribution < 1.29 is 145 Å². The smallest absolute Gasteiger partial charge is 0.481 e. The lowest BCUT2D eigenvalue weighted by molar-refractivity contribution is -0.161. The first-order valence-electron chi connectivity index (χ1n) is 41.6. The summed E-state index contributed by atoms with van der Waals surface area (Å²) in [5.74, 6) is -3.47. The van der Waals surface area contributed by atoms with Gasteiger partial charge in [-0.3, -0.25) is 29.0 Å². The van der Waals surface area contributed by atoms with Crippen molar-refractivity contribution in [3.8, 4) is 0 Å². The Morgan fingerprint density at radius 3 is 1.02 bits per heavy atom. The van der Waals surface area contributed by atoms with Crippen molar-refractivity contribution in [3.05, 3.63) is 131 Å². The van der Waals surface area contributed by atoms with Crippen LogP contribution >= 0.6 is 63.7 Å². The van der Waals surface area contributed by atoms with Gasteiger partial charge in [-0.1, -0.05) is 41.5 Å². The third kappa shape index (κ3) is 37.9. The fourth-order valence-electron chi connectivity index (χ4n) is 12.3.